The van der Waals surface area contributed by atoms with E-state index in [0.29, 0.717) is 12.8 Å². The van der Waals surface area contributed by atoms with Crippen LogP contribution in [-0.2, 0) is 30.3 Å². The summed E-state index contributed by atoms with van der Waals surface area (Å²) < 4.78 is 10.9. The molecule has 0 saturated carbocycles. The molecule has 0 saturated heterocycles. The van der Waals surface area contributed by atoms with Crippen LogP contribution in [0.25, 0.3) is 0 Å². The second-order valence-corrected chi connectivity index (χ2v) is 8.10. The molecule has 2 rings (SSSR count). The summed E-state index contributed by atoms with van der Waals surface area (Å²) in [7, 11) is 0. The number of hydrogen-bond acceptors (Lipinski definition) is 5. The Morgan fingerprint density at radius 3 is 2.37 bits per heavy atom. The van der Waals surface area contributed by atoms with Gasteiger partial charge in [0.15, 0.2) is 5.78 Å². The predicted molar refractivity (Wildman–Crippen MR) is 102 cm³/mol. The van der Waals surface area contributed by atoms with Crippen LogP contribution in [-0.4, -0.2) is 28.9 Å². The van der Waals surface area contributed by atoms with Gasteiger partial charge in [0.25, 0.3) is 5.60 Å². The number of carbonyl (C=O) groups is 3. The zero-order valence-electron chi connectivity index (χ0n) is 16.7. The van der Waals surface area contributed by atoms with Gasteiger partial charge in [-0.25, -0.2) is 4.79 Å². The van der Waals surface area contributed by atoms with Crippen molar-refractivity contribution in [3.8, 4) is 0 Å². The number of esters is 2. The van der Waals surface area contributed by atoms with Gasteiger partial charge >= 0.3 is 11.9 Å². The van der Waals surface area contributed by atoms with Crippen LogP contribution in [0.4, 0.5) is 0 Å². The second kappa shape index (κ2) is 8.07. The summed E-state index contributed by atoms with van der Waals surface area (Å²) in [4.78, 5) is 38.2. The lowest BCUT2D eigenvalue weighted by atomic mass is 9.84. The molecule has 0 amide bonds. The van der Waals surface area contributed by atoms with Gasteiger partial charge in [-0.05, 0) is 46.1 Å². The minimum atomic E-state index is -1.91. The molecule has 0 aliphatic heterocycles. The third-order valence-electron chi connectivity index (χ3n) is 4.44. The Morgan fingerprint density at radius 2 is 1.81 bits per heavy atom. The Labute approximate surface area is 160 Å². The van der Waals surface area contributed by atoms with Crippen LogP contribution >= 0.6 is 0 Å². The van der Waals surface area contributed by atoms with Crippen LogP contribution in [0, 0.1) is 5.92 Å². The fourth-order valence-corrected chi connectivity index (χ4v) is 3.27. The molecule has 1 aliphatic rings. The normalized spacial score (nSPS) is 23.2. The maximum atomic E-state index is 13.5. The number of carbonyl (C=O) groups excluding carboxylic acids is 3. The number of benzene rings is 1. The van der Waals surface area contributed by atoms with Crippen molar-refractivity contribution in [3.63, 3.8) is 0 Å². The number of allylic oxidation sites excluding steroid dienone is 2. The molecule has 5 nitrogen and oxygen atoms in total. The topological polar surface area (TPSA) is 69.7 Å². The maximum absolute atomic E-state index is 13.5. The lowest BCUT2D eigenvalue weighted by molar-refractivity contribution is -0.193. The number of rotatable bonds is 4. The summed E-state index contributed by atoms with van der Waals surface area (Å²) in [5.41, 5.74) is -0.745. The van der Waals surface area contributed by atoms with E-state index in [-0.39, 0.29) is 6.42 Å². The van der Waals surface area contributed by atoms with E-state index in [0.717, 1.165) is 11.1 Å². The summed E-state index contributed by atoms with van der Waals surface area (Å²) in [5.74, 6) is -2.46. The quantitative estimate of drug-likeness (QED) is 0.457. The summed E-state index contributed by atoms with van der Waals surface area (Å²) >= 11 is 0. The molecule has 0 fully saturated rings. The Bertz CT molecular complexity index is 742. The van der Waals surface area contributed by atoms with E-state index < -0.39 is 34.8 Å². The molecule has 0 spiro atoms. The van der Waals surface area contributed by atoms with E-state index >= 15 is 0 Å². The van der Waals surface area contributed by atoms with Crippen molar-refractivity contribution in [3.05, 3.63) is 47.5 Å². The molecule has 0 bridgehead atoms. The minimum Gasteiger partial charge on any atom is -0.457 e. The summed E-state index contributed by atoms with van der Waals surface area (Å²) in [6, 6.07) is 9.58. The van der Waals surface area contributed by atoms with Gasteiger partial charge in [0, 0.05) is 19.3 Å². The Balaban J connectivity index is 2.44. The van der Waals surface area contributed by atoms with Crippen molar-refractivity contribution < 1.29 is 23.9 Å². The van der Waals surface area contributed by atoms with Crippen molar-refractivity contribution in [2.24, 2.45) is 5.92 Å². The van der Waals surface area contributed by atoms with Gasteiger partial charge in [-0.15, -0.1) is 0 Å². The second-order valence-electron chi connectivity index (χ2n) is 8.10. The molecular formula is C22H28O5. The smallest absolute Gasteiger partial charge is 0.359 e. The number of ketones is 1. The Hall–Kier alpha value is -2.43. The molecule has 1 aromatic carbocycles. The van der Waals surface area contributed by atoms with E-state index in [9.17, 15) is 14.4 Å². The highest BCUT2D eigenvalue weighted by molar-refractivity contribution is 6.10. The lowest BCUT2D eigenvalue weighted by Gasteiger charge is -2.33. The van der Waals surface area contributed by atoms with E-state index in [1.807, 2.05) is 43.3 Å². The van der Waals surface area contributed by atoms with Gasteiger partial charge in [0.2, 0.25) is 0 Å². The van der Waals surface area contributed by atoms with Crippen molar-refractivity contribution in [2.75, 3.05) is 0 Å². The molecule has 0 N–H and O–H groups in total. The van der Waals surface area contributed by atoms with E-state index in [1.54, 1.807) is 20.8 Å². The Morgan fingerprint density at radius 1 is 1.19 bits per heavy atom. The molecule has 1 aromatic rings. The fraction of sp³-hybridized carbons (Fsp3) is 0.500. The molecule has 1 aliphatic carbocycles. The SMILES string of the molecule is CC(=O)OC1(C(=O)OC(C)(C)C)CCC(C)=CC(Cc2ccccc2)C1=O. The van der Waals surface area contributed by atoms with Crippen molar-refractivity contribution in [1.29, 1.82) is 0 Å². The van der Waals surface area contributed by atoms with Crippen LogP contribution < -0.4 is 0 Å². The molecule has 5 heteroatoms. The average Bonchev–Trinajstić information content (AvgIpc) is 2.66. The molecule has 0 aromatic heterocycles. The van der Waals surface area contributed by atoms with Crippen molar-refractivity contribution in [1.82, 2.24) is 0 Å². The van der Waals surface area contributed by atoms with Gasteiger partial charge in [-0.3, -0.25) is 9.59 Å². The Kier molecular flexibility index (Phi) is 6.24. The third-order valence-corrected chi connectivity index (χ3v) is 4.44. The maximum Gasteiger partial charge on any atom is 0.359 e. The van der Waals surface area contributed by atoms with Gasteiger partial charge in [0.05, 0.1) is 0 Å². The minimum absolute atomic E-state index is 0.0912. The first kappa shape index (κ1) is 20.9. The fourth-order valence-electron chi connectivity index (χ4n) is 3.27. The van der Waals surface area contributed by atoms with Crippen LogP contribution in [0.3, 0.4) is 0 Å². The average molecular weight is 372 g/mol. The van der Waals surface area contributed by atoms with Crippen LogP contribution in [0.5, 0.6) is 0 Å². The highest BCUT2D eigenvalue weighted by atomic mass is 16.6. The molecule has 2 atom stereocenters. The molecule has 27 heavy (non-hydrogen) atoms. The predicted octanol–water partition coefficient (Wildman–Crippen LogP) is 3.80. The highest BCUT2D eigenvalue weighted by Gasteiger charge is 2.54. The lowest BCUT2D eigenvalue weighted by Crippen LogP contribution is -2.54. The largest absolute Gasteiger partial charge is 0.457 e. The van der Waals surface area contributed by atoms with E-state index in [4.69, 9.17) is 9.47 Å². The van der Waals surface area contributed by atoms with Crippen LogP contribution in [0.2, 0.25) is 0 Å². The zero-order valence-corrected chi connectivity index (χ0v) is 16.7. The monoisotopic (exact) mass is 372 g/mol. The number of hydrogen-bond donors (Lipinski definition) is 0. The van der Waals surface area contributed by atoms with Gasteiger partial charge in [-0.2, -0.15) is 0 Å². The third kappa shape index (κ3) is 5.28. The first-order chi connectivity index (χ1) is 12.5. The standard InChI is InChI=1S/C22H28O5/c1-15-11-12-22(26-16(2)23,20(25)27-21(3,4)5)19(24)18(13-15)14-17-9-7-6-8-10-17/h6-10,13,18H,11-12,14H2,1-5H3. The molecule has 0 heterocycles. The first-order valence-electron chi connectivity index (χ1n) is 9.22. The first-order valence-corrected chi connectivity index (χ1v) is 9.22. The number of ether oxygens (including phenoxy) is 2. The summed E-state index contributed by atoms with van der Waals surface area (Å²) in [6.07, 6.45) is 2.88. The van der Waals surface area contributed by atoms with Gasteiger partial charge in [-0.1, -0.05) is 42.0 Å². The molecule has 0 radical (unpaired) electrons. The van der Waals surface area contributed by atoms with E-state index in [2.05, 4.69) is 0 Å². The highest BCUT2D eigenvalue weighted by Crippen LogP contribution is 2.34. The van der Waals surface area contributed by atoms with Crippen LogP contribution in [0.1, 0.15) is 53.0 Å². The van der Waals surface area contributed by atoms with Crippen LogP contribution in [0.15, 0.2) is 42.0 Å². The zero-order chi connectivity index (χ0) is 20.2. The van der Waals surface area contributed by atoms with Crippen molar-refractivity contribution >= 4 is 17.7 Å². The van der Waals surface area contributed by atoms with E-state index in [1.165, 1.54) is 6.92 Å². The van der Waals surface area contributed by atoms with Gasteiger partial charge in [0.1, 0.15) is 5.60 Å². The van der Waals surface area contributed by atoms with Gasteiger partial charge < -0.3 is 9.47 Å². The molecule has 146 valence electrons. The summed E-state index contributed by atoms with van der Waals surface area (Å²) in [5, 5.41) is 0. The molecule has 2 unspecified atom stereocenters. The summed E-state index contributed by atoms with van der Waals surface area (Å²) in [6.45, 7) is 8.29. The molecular weight excluding hydrogens is 344 g/mol. The number of Topliss-reactive ketones (excluding diaryl/α,β-unsaturated/α-hetero) is 1. The van der Waals surface area contributed by atoms with Crippen molar-refractivity contribution in [2.45, 2.75) is 65.1 Å².